The van der Waals surface area contributed by atoms with Gasteiger partial charge in [-0.3, -0.25) is 9.36 Å². The molecule has 0 atom stereocenters. The number of aryl methyl sites for hydroxylation is 2. The number of nitrogens with zero attached hydrogens (tertiary/aromatic N) is 2. The maximum Gasteiger partial charge on any atom is 0.257 e. The molecule has 2 heterocycles. The number of hydrogen-bond acceptors (Lipinski definition) is 3. The van der Waals surface area contributed by atoms with Gasteiger partial charge < -0.3 is 5.73 Å². The first kappa shape index (κ1) is 15.7. The predicted molar refractivity (Wildman–Crippen MR) is 94.8 cm³/mol. The Bertz CT molecular complexity index is 947. The van der Waals surface area contributed by atoms with Crippen molar-refractivity contribution in [3.63, 3.8) is 0 Å². The zero-order valence-electron chi connectivity index (χ0n) is 13.1. The standard InChI is InChI=1S/C18H18ClN3O/c1-3-22-17-14(8-7-11(2)21-17)16(15(10-20)18(22)23)12-5-4-6-13(19)9-12/h4-9H,3,10,20H2,1-2H3. The van der Waals surface area contributed by atoms with Gasteiger partial charge in [-0.2, -0.15) is 0 Å². The zero-order chi connectivity index (χ0) is 16.6. The quantitative estimate of drug-likeness (QED) is 0.800. The highest BCUT2D eigenvalue weighted by atomic mass is 35.5. The molecule has 118 valence electrons. The fourth-order valence-electron chi connectivity index (χ4n) is 2.93. The first-order valence-corrected chi connectivity index (χ1v) is 7.93. The van der Waals surface area contributed by atoms with Gasteiger partial charge in [0.15, 0.2) is 0 Å². The lowest BCUT2D eigenvalue weighted by molar-refractivity contribution is 0.736. The second-order valence-electron chi connectivity index (χ2n) is 5.44. The molecule has 5 heteroatoms. The minimum absolute atomic E-state index is 0.0874. The molecule has 4 nitrogen and oxygen atoms in total. The average Bonchev–Trinajstić information content (AvgIpc) is 2.53. The van der Waals surface area contributed by atoms with Crippen molar-refractivity contribution in [3.8, 4) is 11.1 Å². The van der Waals surface area contributed by atoms with E-state index in [0.29, 0.717) is 22.8 Å². The number of hydrogen-bond donors (Lipinski definition) is 1. The minimum Gasteiger partial charge on any atom is -0.326 e. The van der Waals surface area contributed by atoms with Crippen LogP contribution in [0.2, 0.25) is 5.02 Å². The Morgan fingerprint density at radius 2 is 2.04 bits per heavy atom. The molecule has 0 unspecified atom stereocenters. The van der Waals surface area contributed by atoms with Crippen molar-refractivity contribution < 1.29 is 0 Å². The Balaban J connectivity index is 2.52. The van der Waals surface area contributed by atoms with Gasteiger partial charge in [0.1, 0.15) is 5.65 Å². The van der Waals surface area contributed by atoms with E-state index in [2.05, 4.69) is 4.98 Å². The van der Waals surface area contributed by atoms with Crippen LogP contribution in [0, 0.1) is 6.92 Å². The van der Waals surface area contributed by atoms with Crippen LogP contribution < -0.4 is 11.3 Å². The molecular formula is C18H18ClN3O. The highest BCUT2D eigenvalue weighted by molar-refractivity contribution is 6.30. The van der Waals surface area contributed by atoms with Gasteiger partial charge in [0.05, 0.1) is 0 Å². The molecule has 2 N–H and O–H groups in total. The van der Waals surface area contributed by atoms with Crippen molar-refractivity contribution in [2.24, 2.45) is 5.73 Å². The van der Waals surface area contributed by atoms with Crippen LogP contribution >= 0.6 is 11.6 Å². The van der Waals surface area contributed by atoms with Gasteiger partial charge in [-0.15, -0.1) is 0 Å². The average molecular weight is 328 g/mol. The van der Waals surface area contributed by atoms with Crippen molar-refractivity contribution >= 4 is 22.6 Å². The molecule has 0 amide bonds. The van der Waals surface area contributed by atoms with Gasteiger partial charge in [-0.1, -0.05) is 23.7 Å². The van der Waals surface area contributed by atoms with E-state index in [1.54, 1.807) is 4.57 Å². The number of benzene rings is 1. The molecule has 23 heavy (non-hydrogen) atoms. The van der Waals surface area contributed by atoms with Crippen molar-refractivity contribution in [2.75, 3.05) is 0 Å². The fraction of sp³-hybridized carbons (Fsp3) is 0.222. The third-order valence-corrected chi connectivity index (χ3v) is 4.21. The number of halogens is 1. The summed E-state index contributed by atoms with van der Waals surface area (Å²) in [5, 5.41) is 1.54. The van der Waals surface area contributed by atoms with E-state index >= 15 is 0 Å². The second kappa shape index (κ2) is 6.14. The summed E-state index contributed by atoms with van der Waals surface area (Å²) in [6.45, 7) is 4.57. The van der Waals surface area contributed by atoms with Gasteiger partial charge in [-0.25, -0.2) is 4.98 Å². The number of aromatic nitrogens is 2. The molecule has 0 spiro atoms. The summed E-state index contributed by atoms with van der Waals surface area (Å²) < 4.78 is 1.68. The summed E-state index contributed by atoms with van der Waals surface area (Å²) in [6.07, 6.45) is 0. The molecule has 0 fully saturated rings. The molecule has 0 saturated heterocycles. The lowest BCUT2D eigenvalue weighted by Crippen LogP contribution is -2.27. The van der Waals surface area contributed by atoms with Gasteiger partial charge >= 0.3 is 0 Å². The number of nitrogens with two attached hydrogens (primary N) is 1. The van der Waals surface area contributed by atoms with E-state index in [9.17, 15) is 4.79 Å². The van der Waals surface area contributed by atoms with Gasteiger partial charge in [0.25, 0.3) is 5.56 Å². The van der Waals surface area contributed by atoms with Crippen LogP contribution in [-0.2, 0) is 13.1 Å². The first-order chi connectivity index (χ1) is 11.1. The lowest BCUT2D eigenvalue weighted by Gasteiger charge is -2.16. The molecule has 0 saturated carbocycles. The molecule has 0 aliphatic carbocycles. The molecule has 0 radical (unpaired) electrons. The van der Waals surface area contributed by atoms with E-state index in [0.717, 1.165) is 22.2 Å². The van der Waals surface area contributed by atoms with Crippen molar-refractivity contribution in [2.45, 2.75) is 26.9 Å². The van der Waals surface area contributed by atoms with Crippen molar-refractivity contribution in [3.05, 3.63) is 63.0 Å². The van der Waals surface area contributed by atoms with Crippen LogP contribution in [0.5, 0.6) is 0 Å². The summed E-state index contributed by atoms with van der Waals surface area (Å²) in [5.41, 5.74) is 9.67. The van der Waals surface area contributed by atoms with Crippen molar-refractivity contribution in [1.29, 1.82) is 0 Å². The summed E-state index contributed by atoms with van der Waals surface area (Å²) in [4.78, 5) is 17.4. The first-order valence-electron chi connectivity index (χ1n) is 7.55. The Morgan fingerprint density at radius 3 is 2.70 bits per heavy atom. The van der Waals surface area contributed by atoms with Crippen LogP contribution in [0.4, 0.5) is 0 Å². The van der Waals surface area contributed by atoms with Gasteiger partial charge in [0, 0.05) is 40.3 Å². The van der Waals surface area contributed by atoms with Gasteiger partial charge in [-0.05, 0) is 43.7 Å². The topological polar surface area (TPSA) is 60.9 Å². The highest BCUT2D eigenvalue weighted by Gasteiger charge is 2.17. The largest absolute Gasteiger partial charge is 0.326 e. The zero-order valence-corrected chi connectivity index (χ0v) is 13.9. The maximum atomic E-state index is 12.8. The Hall–Kier alpha value is -2.17. The third kappa shape index (κ3) is 2.64. The molecule has 1 aromatic carbocycles. The summed E-state index contributed by atoms with van der Waals surface area (Å²) in [7, 11) is 0. The smallest absolute Gasteiger partial charge is 0.257 e. The molecule has 0 aliphatic rings. The van der Waals surface area contributed by atoms with Gasteiger partial charge in [0.2, 0.25) is 0 Å². The predicted octanol–water partition coefficient (Wildman–Crippen LogP) is 3.50. The number of rotatable bonds is 3. The normalized spacial score (nSPS) is 11.1. The van der Waals surface area contributed by atoms with E-state index in [4.69, 9.17) is 17.3 Å². The summed E-state index contributed by atoms with van der Waals surface area (Å²) in [5.74, 6) is 0. The molecule has 0 aliphatic heterocycles. The van der Waals surface area contributed by atoms with Crippen LogP contribution in [0.3, 0.4) is 0 Å². The minimum atomic E-state index is -0.0874. The molecule has 0 bridgehead atoms. The monoisotopic (exact) mass is 327 g/mol. The number of pyridine rings is 2. The molecular weight excluding hydrogens is 310 g/mol. The molecule has 3 aromatic rings. The van der Waals surface area contributed by atoms with Crippen LogP contribution in [-0.4, -0.2) is 9.55 Å². The fourth-order valence-corrected chi connectivity index (χ4v) is 3.12. The summed E-state index contributed by atoms with van der Waals surface area (Å²) in [6, 6.07) is 11.4. The van der Waals surface area contributed by atoms with E-state index < -0.39 is 0 Å². The molecule has 3 rings (SSSR count). The Labute approximate surface area is 139 Å². The van der Waals surface area contributed by atoms with Crippen molar-refractivity contribution in [1.82, 2.24) is 9.55 Å². The Kier molecular flexibility index (Phi) is 4.20. The summed E-state index contributed by atoms with van der Waals surface area (Å²) >= 11 is 6.13. The molecule has 2 aromatic heterocycles. The van der Waals surface area contributed by atoms with Crippen LogP contribution in [0.25, 0.3) is 22.2 Å². The lowest BCUT2D eigenvalue weighted by atomic mass is 9.97. The van der Waals surface area contributed by atoms with E-state index in [-0.39, 0.29) is 12.1 Å². The second-order valence-corrected chi connectivity index (χ2v) is 5.88. The number of fused-ring (bicyclic) bond motifs is 1. The van der Waals surface area contributed by atoms with Crippen LogP contribution in [0.15, 0.2) is 41.2 Å². The van der Waals surface area contributed by atoms with E-state index in [1.165, 1.54) is 0 Å². The SMILES string of the molecule is CCn1c(=O)c(CN)c(-c2cccc(Cl)c2)c2ccc(C)nc21. The third-order valence-electron chi connectivity index (χ3n) is 3.98. The maximum absolute atomic E-state index is 12.8. The van der Waals surface area contributed by atoms with E-state index in [1.807, 2.05) is 50.2 Å². The Morgan fingerprint density at radius 1 is 1.26 bits per heavy atom. The highest BCUT2D eigenvalue weighted by Crippen LogP contribution is 2.31. The van der Waals surface area contributed by atoms with Crippen LogP contribution in [0.1, 0.15) is 18.2 Å².